The van der Waals surface area contributed by atoms with Crippen LogP contribution in [0.1, 0.15) is 18.6 Å². The lowest BCUT2D eigenvalue weighted by Gasteiger charge is -2.05. The number of esters is 1. The molecule has 1 aromatic heterocycles. The van der Waals surface area contributed by atoms with E-state index in [4.69, 9.17) is 4.42 Å². The van der Waals surface area contributed by atoms with Gasteiger partial charge in [-0.3, -0.25) is 0 Å². The second kappa shape index (κ2) is 3.92. The summed E-state index contributed by atoms with van der Waals surface area (Å²) in [5.41, 5.74) is 0.411. The predicted molar refractivity (Wildman–Crippen MR) is 40.3 cm³/mol. The molecule has 0 fully saturated rings. The molecule has 1 rings (SSSR count). The minimum absolute atomic E-state index is 0.258. The summed E-state index contributed by atoms with van der Waals surface area (Å²) in [5.74, 6) is -0.654. The molecule has 66 valence electrons. The lowest BCUT2D eigenvalue weighted by molar-refractivity contribution is -0.153. The van der Waals surface area contributed by atoms with Crippen LogP contribution in [0.15, 0.2) is 23.0 Å². The van der Waals surface area contributed by atoms with E-state index in [1.54, 1.807) is 6.92 Å². The first-order chi connectivity index (χ1) is 5.75. The Bertz CT molecular complexity index is 240. The third-order valence-corrected chi connectivity index (χ3v) is 1.37. The molecular formula is C8H10O4. The summed E-state index contributed by atoms with van der Waals surface area (Å²) in [6, 6.07) is 1.52. The van der Waals surface area contributed by atoms with Crippen LogP contribution in [-0.2, 0) is 9.53 Å². The van der Waals surface area contributed by atoms with Gasteiger partial charge in [0.2, 0.25) is 0 Å². The number of aliphatic hydroxyl groups is 1. The molecule has 0 spiro atoms. The number of carbonyl (C=O) groups excluding carboxylic acids is 1. The van der Waals surface area contributed by atoms with Crippen LogP contribution in [0, 0.1) is 0 Å². The van der Waals surface area contributed by atoms with Gasteiger partial charge in [0.05, 0.1) is 19.1 Å². The van der Waals surface area contributed by atoms with Crippen LogP contribution in [-0.4, -0.2) is 17.7 Å². The van der Waals surface area contributed by atoms with E-state index in [0.29, 0.717) is 5.56 Å². The quantitative estimate of drug-likeness (QED) is 0.684. The zero-order valence-corrected chi connectivity index (χ0v) is 6.69. The predicted octanol–water partition coefficient (Wildman–Crippen LogP) is 0.876. The van der Waals surface area contributed by atoms with Gasteiger partial charge in [-0.1, -0.05) is 0 Å². The monoisotopic (exact) mass is 170 g/mol. The highest BCUT2D eigenvalue weighted by molar-refractivity contribution is 5.75. The molecule has 0 saturated heterocycles. The molecule has 0 aliphatic rings. The first kappa shape index (κ1) is 8.80. The summed E-state index contributed by atoms with van der Waals surface area (Å²) >= 11 is 0. The van der Waals surface area contributed by atoms with Crippen molar-refractivity contribution in [3.63, 3.8) is 0 Å². The van der Waals surface area contributed by atoms with Crippen molar-refractivity contribution in [1.82, 2.24) is 0 Å². The summed E-state index contributed by atoms with van der Waals surface area (Å²) in [5, 5.41) is 9.27. The molecule has 0 amide bonds. The molecule has 4 nitrogen and oxygen atoms in total. The maximum atomic E-state index is 10.9. The van der Waals surface area contributed by atoms with Crippen LogP contribution in [0.25, 0.3) is 0 Å². The first-order valence-electron chi connectivity index (χ1n) is 3.62. The van der Waals surface area contributed by atoms with Crippen LogP contribution in [0.5, 0.6) is 0 Å². The van der Waals surface area contributed by atoms with E-state index in [-0.39, 0.29) is 6.61 Å². The standard InChI is InChI=1S/C8H10O4/c1-2-12-8(10)7(9)6-3-4-11-5-6/h3-5,7,9H,2H2,1H3/t7-/m1/s1. The molecule has 0 radical (unpaired) electrons. The molecule has 1 heterocycles. The summed E-state index contributed by atoms with van der Waals surface area (Å²) in [7, 11) is 0. The van der Waals surface area contributed by atoms with Crippen molar-refractivity contribution in [2.24, 2.45) is 0 Å². The highest BCUT2D eigenvalue weighted by atomic mass is 16.5. The smallest absolute Gasteiger partial charge is 0.339 e. The number of carbonyl (C=O) groups is 1. The number of furan rings is 1. The van der Waals surface area contributed by atoms with Crippen LogP contribution >= 0.6 is 0 Å². The molecule has 0 unspecified atom stereocenters. The van der Waals surface area contributed by atoms with Gasteiger partial charge in [0.1, 0.15) is 0 Å². The van der Waals surface area contributed by atoms with Crippen molar-refractivity contribution in [2.75, 3.05) is 6.61 Å². The molecule has 0 saturated carbocycles. The molecular weight excluding hydrogens is 160 g/mol. The lowest BCUT2D eigenvalue weighted by Crippen LogP contribution is -2.14. The van der Waals surface area contributed by atoms with Gasteiger partial charge >= 0.3 is 5.97 Å². The van der Waals surface area contributed by atoms with Gasteiger partial charge in [0, 0.05) is 5.56 Å². The molecule has 0 aliphatic heterocycles. The first-order valence-corrected chi connectivity index (χ1v) is 3.62. The van der Waals surface area contributed by atoms with Gasteiger partial charge < -0.3 is 14.3 Å². The maximum Gasteiger partial charge on any atom is 0.339 e. The summed E-state index contributed by atoms with van der Waals surface area (Å²) in [6.07, 6.45) is 1.46. The number of hydrogen-bond acceptors (Lipinski definition) is 4. The van der Waals surface area contributed by atoms with Crippen LogP contribution < -0.4 is 0 Å². The molecule has 1 atom stereocenters. The molecule has 1 N–H and O–H groups in total. The second-order valence-corrected chi connectivity index (χ2v) is 2.21. The normalized spacial score (nSPS) is 12.5. The minimum atomic E-state index is -1.23. The van der Waals surface area contributed by atoms with E-state index < -0.39 is 12.1 Å². The van der Waals surface area contributed by atoms with E-state index in [1.807, 2.05) is 0 Å². The topological polar surface area (TPSA) is 59.7 Å². The average Bonchev–Trinajstić information content (AvgIpc) is 2.55. The number of hydrogen-bond donors (Lipinski definition) is 1. The fraction of sp³-hybridized carbons (Fsp3) is 0.375. The fourth-order valence-electron chi connectivity index (χ4n) is 0.788. The second-order valence-electron chi connectivity index (χ2n) is 2.21. The zero-order chi connectivity index (χ0) is 8.97. The highest BCUT2D eigenvalue weighted by Gasteiger charge is 2.18. The van der Waals surface area contributed by atoms with Crippen LogP contribution in [0.3, 0.4) is 0 Å². The van der Waals surface area contributed by atoms with E-state index in [2.05, 4.69) is 4.74 Å². The Morgan fingerprint density at radius 3 is 3.08 bits per heavy atom. The van der Waals surface area contributed by atoms with Crippen molar-refractivity contribution >= 4 is 5.97 Å². The van der Waals surface area contributed by atoms with E-state index in [0.717, 1.165) is 0 Å². The van der Waals surface area contributed by atoms with Crippen molar-refractivity contribution in [3.8, 4) is 0 Å². The number of rotatable bonds is 3. The highest BCUT2D eigenvalue weighted by Crippen LogP contribution is 2.14. The van der Waals surface area contributed by atoms with E-state index in [1.165, 1.54) is 18.6 Å². The Labute approximate surface area is 69.8 Å². The van der Waals surface area contributed by atoms with Gasteiger partial charge in [0.15, 0.2) is 6.10 Å². The fourth-order valence-corrected chi connectivity index (χ4v) is 0.788. The Hall–Kier alpha value is -1.29. The Morgan fingerprint density at radius 2 is 2.58 bits per heavy atom. The van der Waals surface area contributed by atoms with Crippen molar-refractivity contribution in [1.29, 1.82) is 0 Å². The van der Waals surface area contributed by atoms with Crippen LogP contribution in [0.4, 0.5) is 0 Å². The Morgan fingerprint density at radius 1 is 1.83 bits per heavy atom. The van der Waals surface area contributed by atoms with E-state index >= 15 is 0 Å². The van der Waals surface area contributed by atoms with Crippen molar-refractivity contribution < 1.29 is 19.1 Å². The molecule has 0 bridgehead atoms. The Balaban J connectivity index is 2.59. The van der Waals surface area contributed by atoms with Crippen molar-refractivity contribution in [2.45, 2.75) is 13.0 Å². The number of aliphatic hydroxyl groups excluding tert-OH is 1. The van der Waals surface area contributed by atoms with Gasteiger partial charge in [-0.25, -0.2) is 4.79 Å². The summed E-state index contributed by atoms with van der Waals surface area (Å²) in [6.45, 7) is 1.94. The summed E-state index contributed by atoms with van der Waals surface area (Å²) < 4.78 is 9.29. The van der Waals surface area contributed by atoms with Crippen LogP contribution in [0.2, 0.25) is 0 Å². The van der Waals surface area contributed by atoms with Gasteiger partial charge in [-0.15, -0.1) is 0 Å². The molecule has 12 heavy (non-hydrogen) atoms. The third-order valence-electron chi connectivity index (χ3n) is 1.37. The third kappa shape index (κ3) is 1.85. The largest absolute Gasteiger partial charge is 0.472 e. The average molecular weight is 170 g/mol. The van der Waals surface area contributed by atoms with Gasteiger partial charge in [-0.2, -0.15) is 0 Å². The lowest BCUT2D eigenvalue weighted by atomic mass is 10.2. The SMILES string of the molecule is CCOC(=O)[C@H](O)c1ccoc1. The molecule has 4 heteroatoms. The minimum Gasteiger partial charge on any atom is -0.472 e. The molecule has 1 aromatic rings. The van der Waals surface area contributed by atoms with Crippen molar-refractivity contribution in [3.05, 3.63) is 24.2 Å². The zero-order valence-electron chi connectivity index (χ0n) is 6.69. The maximum absolute atomic E-state index is 10.9. The van der Waals surface area contributed by atoms with E-state index in [9.17, 15) is 9.90 Å². The van der Waals surface area contributed by atoms with Gasteiger partial charge in [-0.05, 0) is 13.0 Å². The summed E-state index contributed by atoms with van der Waals surface area (Å²) in [4.78, 5) is 10.9. The molecule has 0 aromatic carbocycles. The van der Waals surface area contributed by atoms with Gasteiger partial charge in [0.25, 0.3) is 0 Å². The number of ether oxygens (including phenoxy) is 1. The Kier molecular flexibility index (Phi) is 2.88. The molecule has 0 aliphatic carbocycles.